The van der Waals surface area contributed by atoms with Crippen LogP contribution in [0.1, 0.15) is 43.0 Å². The third-order valence-electron chi connectivity index (χ3n) is 4.70. The Morgan fingerprint density at radius 2 is 2.04 bits per heavy atom. The predicted molar refractivity (Wildman–Crippen MR) is 93.3 cm³/mol. The van der Waals surface area contributed by atoms with Crippen LogP contribution in [0.15, 0.2) is 10.7 Å². The van der Waals surface area contributed by atoms with Gasteiger partial charge in [0.1, 0.15) is 11.8 Å². The van der Waals surface area contributed by atoms with Crippen LogP contribution >= 0.6 is 0 Å². The van der Waals surface area contributed by atoms with Gasteiger partial charge < -0.3 is 14.8 Å². The summed E-state index contributed by atoms with van der Waals surface area (Å²) >= 11 is 0. The van der Waals surface area contributed by atoms with E-state index in [2.05, 4.69) is 22.2 Å². The van der Waals surface area contributed by atoms with Crippen molar-refractivity contribution in [2.24, 2.45) is 0 Å². The summed E-state index contributed by atoms with van der Waals surface area (Å²) in [6.45, 7) is 2.65. The lowest BCUT2D eigenvalue weighted by molar-refractivity contribution is 0.311. The molecule has 2 N–H and O–H groups in total. The summed E-state index contributed by atoms with van der Waals surface area (Å²) in [5.74, 6) is 0.619. The van der Waals surface area contributed by atoms with E-state index in [4.69, 9.17) is 14.5 Å². The first kappa shape index (κ1) is 15.3. The van der Waals surface area contributed by atoms with Crippen molar-refractivity contribution in [2.75, 3.05) is 18.5 Å². The zero-order chi connectivity index (χ0) is 16.5. The highest BCUT2D eigenvalue weighted by Crippen LogP contribution is 2.37. The maximum atomic E-state index is 9.04. The van der Waals surface area contributed by atoms with Crippen molar-refractivity contribution in [3.8, 4) is 0 Å². The second kappa shape index (κ2) is 6.36. The fourth-order valence-corrected chi connectivity index (χ4v) is 3.68. The van der Waals surface area contributed by atoms with Gasteiger partial charge in [-0.15, -0.1) is 0 Å². The van der Waals surface area contributed by atoms with Crippen LogP contribution in [0.2, 0.25) is 0 Å². The van der Waals surface area contributed by atoms with Gasteiger partial charge in [0.15, 0.2) is 11.4 Å². The molecule has 0 aromatic carbocycles. The number of hydrogen-bond donors (Lipinski definition) is 2. The van der Waals surface area contributed by atoms with Crippen molar-refractivity contribution in [2.45, 2.75) is 45.4 Å². The topological polar surface area (TPSA) is 84.1 Å². The fourth-order valence-electron chi connectivity index (χ4n) is 3.68. The molecule has 6 heteroatoms. The molecule has 0 amide bonds. The van der Waals surface area contributed by atoms with E-state index in [1.807, 2.05) is 0 Å². The van der Waals surface area contributed by atoms with Crippen LogP contribution < -0.4 is 5.32 Å². The quantitative estimate of drug-likeness (QED) is 0.750. The Hall–Kier alpha value is -2.21. The molecule has 0 spiro atoms. The summed E-state index contributed by atoms with van der Waals surface area (Å²) in [6.07, 6.45) is 8.19. The molecule has 3 heterocycles. The third-order valence-corrected chi connectivity index (χ3v) is 4.70. The van der Waals surface area contributed by atoms with Gasteiger partial charge in [0.05, 0.1) is 12.0 Å². The third kappa shape index (κ3) is 2.41. The number of nitrogens with one attached hydrogen (secondary N) is 1. The molecular weight excluding hydrogens is 304 g/mol. The van der Waals surface area contributed by atoms with Gasteiger partial charge >= 0.3 is 0 Å². The van der Waals surface area contributed by atoms with Gasteiger partial charge in [-0.1, -0.05) is 13.3 Å². The first-order valence-electron chi connectivity index (χ1n) is 8.76. The molecule has 3 aromatic heterocycles. The summed E-state index contributed by atoms with van der Waals surface area (Å²) in [7, 11) is 0. The van der Waals surface area contributed by atoms with Crippen molar-refractivity contribution in [3.05, 3.63) is 23.1 Å². The second-order valence-electron chi connectivity index (χ2n) is 6.31. The highest BCUT2D eigenvalue weighted by atomic mass is 16.3. The molecule has 126 valence electrons. The highest BCUT2D eigenvalue weighted by molar-refractivity contribution is 6.06. The number of aryl methyl sites for hydroxylation is 2. The molecule has 0 saturated heterocycles. The van der Waals surface area contributed by atoms with Crippen LogP contribution in [-0.2, 0) is 19.3 Å². The molecule has 0 bridgehead atoms. The number of furan rings is 1. The number of aliphatic hydroxyl groups is 1. The van der Waals surface area contributed by atoms with Crippen molar-refractivity contribution in [1.29, 1.82) is 0 Å². The Morgan fingerprint density at radius 3 is 2.83 bits per heavy atom. The van der Waals surface area contributed by atoms with E-state index in [1.54, 1.807) is 6.33 Å². The van der Waals surface area contributed by atoms with E-state index in [-0.39, 0.29) is 6.61 Å². The van der Waals surface area contributed by atoms with Crippen LogP contribution in [0.3, 0.4) is 0 Å². The number of fused-ring (bicyclic) bond motifs is 5. The molecule has 4 rings (SSSR count). The average Bonchev–Trinajstić information content (AvgIpc) is 2.99. The smallest absolute Gasteiger partial charge is 0.229 e. The maximum absolute atomic E-state index is 9.04. The van der Waals surface area contributed by atoms with E-state index >= 15 is 0 Å². The summed E-state index contributed by atoms with van der Waals surface area (Å²) < 4.78 is 6.05. The number of pyridine rings is 1. The van der Waals surface area contributed by atoms with Crippen molar-refractivity contribution in [1.82, 2.24) is 15.0 Å². The second-order valence-corrected chi connectivity index (χ2v) is 6.31. The number of anilines is 1. The number of aliphatic hydroxyl groups excluding tert-OH is 1. The molecule has 6 nitrogen and oxygen atoms in total. The summed E-state index contributed by atoms with van der Waals surface area (Å²) in [4.78, 5) is 13.6. The predicted octanol–water partition coefficient (Wildman–Crippen LogP) is 3.01. The van der Waals surface area contributed by atoms with Gasteiger partial charge in [-0.3, -0.25) is 0 Å². The molecular formula is C18H22N4O2. The first-order valence-corrected chi connectivity index (χ1v) is 8.76. The van der Waals surface area contributed by atoms with Crippen molar-refractivity contribution in [3.63, 3.8) is 0 Å². The van der Waals surface area contributed by atoms with Gasteiger partial charge in [0.25, 0.3) is 0 Å². The van der Waals surface area contributed by atoms with Gasteiger partial charge in [0, 0.05) is 12.2 Å². The molecule has 0 fully saturated rings. The molecule has 0 unspecified atom stereocenters. The van der Waals surface area contributed by atoms with Crippen LogP contribution in [0.4, 0.5) is 5.82 Å². The van der Waals surface area contributed by atoms with Crippen LogP contribution in [0.25, 0.3) is 22.2 Å². The molecule has 3 aromatic rings. The number of aromatic nitrogens is 3. The maximum Gasteiger partial charge on any atom is 0.229 e. The lowest BCUT2D eigenvalue weighted by Gasteiger charge is -2.19. The minimum Gasteiger partial charge on any atom is -0.432 e. The Balaban J connectivity index is 1.98. The van der Waals surface area contributed by atoms with E-state index in [0.717, 1.165) is 36.6 Å². The van der Waals surface area contributed by atoms with E-state index < -0.39 is 0 Å². The minimum atomic E-state index is 0.0417. The zero-order valence-corrected chi connectivity index (χ0v) is 13.9. The summed E-state index contributed by atoms with van der Waals surface area (Å²) in [5.41, 5.74) is 6.07. The average molecular weight is 326 g/mol. The van der Waals surface area contributed by atoms with Gasteiger partial charge in [-0.05, 0) is 43.2 Å². The normalized spacial score (nSPS) is 14.2. The number of rotatable bonds is 5. The highest BCUT2D eigenvalue weighted by Gasteiger charge is 2.23. The van der Waals surface area contributed by atoms with Crippen LogP contribution in [0.5, 0.6) is 0 Å². The largest absolute Gasteiger partial charge is 0.432 e. The Labute approximate surface area is 140 Å². The fraction of sp³-hybridized carbons (Fsp3) is 0.500. The van der Waals surface area contributed by atoms with E-state index in [9.17, 15) is 0 Å². The van der Waals surface area contributed by atoms with Crippen LogP contribution in [0, 0.1) is 0 Å². The summed E-state index contributed by atoms with van der Waals surface area (Å²) in [5, 5.41) is 13.2. The van der Waals surface area contributed by atoms with Gasteiger partial charge in [-0.2, -0.15) is 0 Å². The Bertz CT molecular complexity index is 888. The molecule has 0 aliphatic heterocycles. The van der Waals surface area contributed by atoms with Gasteiger partial charge in [0.2, 0.25) is 5.71 Å². The molecule has 1 aliphatic carbocycles. The SMILES string of the molecule is CCCc1nc2oc3c(NCCO)ncnc3c2c2c1CCCC2. The zero-order valence-electron chi connectivity index (χ0n) is 13.9. The first-order chi connectivity index (χ1) is 11.8. The monoisotopic (exact) mass is 326 g/mol. The molecule has 24 heavy (non-hydrogen) atoms. The van der Waals surface area contributed by atoms with Crippen LogP contribution in [-0.4, -0.2) is 33.2 Å². The van der Waals surface area contributed by atoms with E-state index in [0.29, 0.717) is 23.7 Å². The minimum absolute atomic E-state index is 0.0417. The van der Waals surface area contributed by atoms with E-state index in [1.165, 1.54) is 29.7 Å². The molecule has 1 aliphatic rings. The Kier molecular flexibility index (Phi) is 4.06. The lowest BCUT2D eigenvalue weighted by Crippen LogP contribution is -2.09. The Morgan fingerprint density at radius 1 is 1.21 bits per heavy atom. The molecule has 0 radical (unpaired) electrons. The standard InChI is InChI=1S/C18H22N4O2/c1-2-5-13-11-6-3-4-7-12(11)14-15-16(24-18(14)22-13)17(19-8-9-23)21-10-20-15/h10,23H,2-9H2,1H3,(H,19,20,21). The van der Waals surface area contributed by atoms with Gasteiger partial charge in [-0.25, -0.2) is 15.0 Å². The number of hydrogen-bond acceptors (Lipinski definition) is 6. The van der Waals surface area contributed by atoms with Crippen molar-refractivity contribution < 1.29 is 9.52 Å². The molecule has 0 atom stereocenters. The number of nitrogens with zero attached hydrogens (tertiary/aromatic N) is 3. The van der Waals surface area contributed by atoms with Crippen molar-refractivity contribution >= 4 is 28.0 Å². The summed E-state index contributed by atoms with van der Waals surface area (Å²) in [6, 6.07) is 0. The lowest BCUT2D eigenvalue weighted by atomic mass is 9.88. The molecule has 0 saturated carbocycles.